The second kappa shape index (κ2) is 8.49. The molecule has 26 heavy (non-hydrogen) atoms. The van der Waals surface area contributed by atoms with Crippen LogP contribution in [0.3, 0.4) is 0 Å². The van der Waals surface area contributed by atoms with Gasteiger partial charge in [-0.05, 0) is 62.8 Å². The maximum atomic E-state index is 13.2. The molecule has 3 rings (SSSR count). The standard InChI is InChI=1S/C21H31FN2O2/c1-2-19-6-3-4-13-24(19)16-20(25)23-14-5-11-21(26,12-15-23)17-7-9-18(22)10-8-17/h7-10,19,26H,2-6,11-16H2,1H3/t19-,21+/m0/s1. The minimum Gasteiger partial charge on any atom is -0.385 e. The third kappa shape index (κ3) is 4.44. The Balaban J connectivity index is 1.60. The Morgan fingerprint density at radius 1 is 1.15 bits per heavy atom. The summed E-state index contributed by atoms with van der Waals surface area (Å²) >= 11 is 0. The molecule has 1 N–H and O–H groups in total. The van der Waals surface area contributed by atoms with Gasteiger partial charge < -0.3 is 10.0 Å². The zero-order chi connectivity index (χ0) is 18.6. The number of hydrogen-bond donors (Lipinski definition) is 1. The lowest BCUT2D eigenvalue weighted by Crippen LogP contribution is -2.47. The van der Waals surface area contributed by atoms with Crippen LogP contribution in [-0.4, -0.2) is 53.0 Å². The van der Waals surface area contributed by atoms with Crippen molar-refractivity contribution in [1.29, 1.82) is 0 Å². The first-order chi connectivity index (χ1) is 12.5. The van der Waals surface area contributed by atoms with E-state index in [4.69, 9.17) is 0 Å². The quantitative estimate of drug-likeness (QED) is 0.894. The van der Waals surface area contributed by atoms with Crippen LogP contribution in [0.15, 0.2) is 24.3 Å². The van der Waals surface area contributed by atoms with Crippen molar-refractivity contribution in [2.24, 2.45) is 0 Å². The van der Waals surface area contributed by atoms with Crippen molar-refractivity contribution in [2.45, 2.75) is 63.5 Å². The third-order valence-corrected chi connectivity index (χ3v) is 6.11. The maximum absolute atomic E-state index is 13.2. The van der Waals surface area contributed by atoms with Gasteiger partial charge in [-0.2, -0.15) is 0 Å². The molecule has 1 amide bonds. The first kappa shape index (κ1) is 19.3. The molecule has 5 heteroatoms. The summed E-state index contributed by atoms with van der Waals surface area (Å²) in [6, 6.07) is 6.62. The van der Waals surface area contributed by atoms with Crippen LogP contribution in [0.25, 0.3) is 0 Å². The van der Waals surface area contributed by atoms with E-state index >= 15 is 0 Å². The molecular weight excluding hydrogens is 331 g/mol. The molecule has 2 atom stereocenters. The predicted octanol–water partition coefficient (Wildman–Crippen LogP) is 3.29. The summed E-state index contributed by atoms with van der Waals surface area (Å²) in [5.74, 6) is -0.122. The van der Waals surface area contributed by atoms with Crippen LogP contribution in [0.2, 0.25) is 0 Å². The molecule has 0 radical (unpaired) electrons. The zero-order valence-corrected chi connectivity index (χ0v) is 15.8. The summed E-state index contributed by atoms with van der Waals surface area (Å²) in [5, 5.41) is 11.0. The molecule has 2 saturated heterocycles. The van der Waals surface area contributed by atoms with Crippen LogP contribution < -0.4 is 0 Å². The highest BCUT2D eigenvalue weighted by Gasteiger charge is 2.34. The van der Waals surface area contributed by atoms with Crippen molar-refractivity contribution in [3.63, 3.8) is 0 Å². The average molecular weight is 362 g/mol. The topological polar surface area (TPSA) is 43.8 Å². The lowest BCUT2D eigenvalue weighted by atomic mass is 9.87. The van der Waals surface area contributed by atoms with E-state index in [1.807, 2.05) is 4.90 Å². The van der Waals surface area contributed by atoms with Crippen molar-refractivity contribution in [3.05, 3.63) is 35.6 Å². The van der Waals surface area contributed by atoms with Gasteiger partial charge in [-0.3, -0.25) is 9.69 Å². The van der Waals surface area contributed by atoms with E-state index in [0.29, 0.717) is 38.5 Å². The second-order valence-electron chi connectivity index (χ2n) is 7.80. The van der Waals surface area contributed by atoms with Gasteiger partial charge in [0.2, 0.25) is 5.91 Å². The van der Waals surface area contributed by atoms with E-state index in [2.05, 4.69) is 11.8 Å². The number of likely N-dealkylation sites (tertiary alicyclic amines) is 2. The molecule has 4 nitrogen and oxygen atoms in total. The van der Waals surface area contributed by atoms with Gasteiger partial charge in [-0.1, -0.05) is 25.5 Å². The number of piperidine rings is 1. The van der Waals surface area contributed by atoms with Crippen LogP contribution in [0.5, 0.6) is 0 Å². The Kier molecular flexibility index (Phi) is 6.30. The summed E-state index contributed by atoms with van der Waals surface area (Å²) in [7, 11) is 0. The summed E-state index contributed by atoms with van der Waals surface area (Å²) in [5.41, 5.74) is -0.227. The molecule has 2 fully saturated rings. The van der Waals surface area contributed by atoms with E-state index in [0.717, 1.165) is 24.9 Å². The molecule has 2 aliphatic rings. The molecule has 2 heterocycles. The van der Waals surface area contributed by atoms with E-state index in [1.165, 1.54) is 31.4 Å². The number of aliphatic hydroxyl groups is 1. The van der Waals surface area contributed by atoms with Gasteiger partial charge in [0.15, 0.2) is 0 Å². The molecular formula is C21H31FN2O2. The Hall–Kier alpha value is -1.46. The minimum absolute atomic E-state index is 0.175. The monoisotopic (exact) mass is 362 g/mol. The Morgan fingerprint density at radius 3 is 2.65 bits per heavy atom. The molecule has 0 saturated carbocycles. The van der Waals surface area contributed by atoms with Crippen LogP contribution in [0.4, 0.5) is 4.39 Å². The van der Waals surface area contributed by atoms with Crippen LogP contribution >= 0.6 is 0 Å². The summed E-state index contributed by atoms with van der Waals surface area (Å²) < 4.78 is 13.2. The van der Waals surface area contributed by atoms with Crippen molar-refractivity contribution < 1.29 is 14.3 Å². The smallest absolute Gasteiger partial charge is 0.236 e. The third-order valence-electron chi connectivity index (χ3n) is 6.11. The predicted molar refractivity (Wildman–Crippen MR) is 100 cm³/mol. The van der Waals surface area contributed by atoms with Crippen molar-refractivity contribution in [2.75, 3.05) is 26.2 Å². The number of amides is 1. The molecule has 2 aliphatic heterocycles. The van der Waals surface area contributed by atoms with E-state index in [1.54, 1.807) is 12.1 Å². The SMILES string of the molecule is CC[C@H]1CCCCN1CC(=O)N1CCC[C@](O)(c2ccc(F)cc2)CC1. The largest absolute Gasteiger partial charge is 0.385 e. The van der Waals surface area contributed by atoms with Crippen molar-refractivity contribution in [3.8, 4) is 0 Å². The summed E-state index contributed by atoms with van der Waals surface area (Å²) in [6.45, 7) is 4.94. The fourth-order valence-corrected chi connectivity index (χ4v) is 4.42. The fourth-order valence-electron chi connectivity index (χ4n) is 4.42. The van der Waals surface area contributed by atoms with Gasteiger partial charge in [0.25, 0.3) is 0 Å². The Morgan fingerprint density at radius 2 is 1.92 bits per heavy atom. The molecule has 144 valence electrons. The molecule has 0 aliphatic carbocycles. The number of carbonyl (C=O) groups excluding carboxylic acids is 1. The van der Waals surface area contributed by atoms with Crippen molar-refractivity contribution in [1.82, 2.24) is 9.80 Å². The molecule has 0 spiro atoms. The second-order valence-corrected chi connectivity index (χ2v) is 7.80. The normalized spacial score (nSPS) is 28.0. The van der Waals surface area contributed by atoms with Gasteiger partial charge in [-0.25, -0.2) is 4.39 Å². The zero-order valence-electron chi connectivity index (χ0n) is 15.8. The van der Waals surface area contributed by atoms with E-state index < -0.39 is 5.60 Å². The van der Waals surface area contributed by atoms with E-state index in [9.17, 15) is 14.3 Å². The highest BCUT2D eigenvalue weighted by Crippen LogP contribution is 2.33. The lowest BCUT2D eigenvalue weighted by Gasteiger charge is -2.36. The first-order valence-corrected chi connectivity index (χ1v) is 10.0. The number of nitrogens with zero attached hydrogens (tertiary/aromatic N) is 2. The maximum Gasteiger partial charge on any atom is 0.236 e. The number of halogens is 1. The summed E-state index contributed by atoms with van der Waals surface area (Å²) in [6.07, 6.45) is 6.58. The highest BCUT2D eigenvalue weighted by molar-refractivity contribution is 5.78. The number of rotatable bonds is 4. The summed E-state index contributed by atoms with van der Waals surface area (Å²) in [4.78, 5) is 17.1. The van der Waals surface area contributed by atoms with Gasteiger partial charge in [-0.15, -0.1) is 0 Å². The molecule has 0 bridgehead atoms. The van der Waals surface area contributed by atoms with Gasteiger partial charge in [0.05, 0.1) is 12.1 Å². The van der Waals surface area contributed by atoms with Crippen LogP contribution in [0, 0.1) is 5.82 Å². The average Bonchev–Trinajstić information content (AvgIpc) is 2.85. The number of benzene rings is 1. The highest BCUT2D eigenvalue weighted by atomic mass is 19.1. The molecule has 1 aromatic rings. The fraction of sp³-hybridized carbons (Fsp3) is 0.667. The van der Waals surface area contributed by atoms with Gasteiger partial charge in [0.1, 0.15) is 5.82 Å². The number of hydrogen-bond acceptors (Lipinski definition) is 3. The molecule has 1 aromatic carbocycles. The van der Waals surface area contributed by atoms with E-state index in [-0.39, 0.29) is 11.7 Å². The Labute approximate surface area is 156 Å². The molecule has 0 aromatic heterocycles. The minimum atomic E-state index is -0.972. The van der Waals surface area contributed by atoms with Crippen molar-refractivity contribution >= 4 is 5.91 Å². The number of carbonyl (C=O) groups is 1. The lowest BCUT2D eigenvalue weighted by molar-refractivity contribution is -0.133. The van der Waals surface area contributed by atoms with Crippen LogP contribution in [0.1, 0.15) is 57.4 Å². The van der Waals surface area contributed by atoms with Gasteiger partial charge in [0, 0.05) is 19.1 Å². The van der Waals surface area contributed by atoms with Crippen LogP contribution in [-0.2, 0) is 10.4 Å². The first-order valence-electron chi connectivity index (χ1n) is 10.0. The molecule has 0 unspecified atom stereocenters. The van der Waals surface area contributed by atoms with Gasteiger partial charge >= 0.3 is 0 Å². The Bertz CT molecular complexity index is 607.